The van der Waals surface area contributed by atoms with Crippen LogP contribution in [0.3, 0.4) is 0 Å². The minimum atomic E-state index is 0.883. The van der Waals surface area contributed by atoms with Crippen LogP contribution >= 0.6 is 0 Å². The van der Waals surface area contributed by atoms with Crippen molar-refractivity contribution in [3.05, 3.63) is 23.3 Å². The monoisotopic (exact) mass is 161 g/mol. The van der Waals surface area contributed by atoms with Crippen LogP contribution < -0.4 is 0 Å². The Balaban J connectivity index is 2.03. The standard InChI is InChI=1S/C12H17/c1-10-6-5-9-12(10)11-7-3-2-4-8-11/h9,11H,2-5,7-8H2,1H3. The van der Waals surface area contributed by atoms with Crippen LogP contribution in [-0.2, 0) is 0 Å². The fourth-order valence-electron chi connectivity index (χ4n) is 2.46. The van der Waals surface area contributed by atoms with Gasteiger partial charge in [-0.2, -0.15) is 0 Å². The molecule has 1 fully saturated rings. The summed E-state index contributed by atoms with van der Waals surface area (Å²) in [5.41, 5.74) is 3.05. The van der Waals surface area contributed by atoms with Crippen molar-refractivity contribution < 1.29 is 0 Å². The molecule has 0 aliphatic heterocycles. The molecule has 65 valence electrons. The van der Waals surface area contributed by atoms with E-state index in [-0.39, 0.29) is 0 Å². The second-order valence-electron chi connectivity index (χ2n) is 4.00. The van der Waals surface area contributed by atoms with Gasteiger partial charge in [-0.25, -0.2) is 0 Å². The van der Waals surface area contributed by atoms with E-state index in [1.54, 1.807) is 5.57 Å². The van der Waals surface area contributed by atoms with Gasteiger partial charge in [-0.05, 0) is 49.3 Å². The molecule has 0 heterocycles. The van der Waals surface area contributed by atoms with Gasteiger partial charge in [0.25, 0.3) is 0 Å². The third-order valence-electron chi connectivity index (χ3n) is 3.17. The molecule has 2 aliphatic carbocycles. The van der Waals surface area contributed by atoms with Gasteiger partial charge in [-0.15, -0.1) is 0 Å². The largest absolute Gasteiger partial charge is 0.0763 e. The number of allylic oxidation sites excluding steroid dienone is 4. The first-order chi connectivity index (χ1) is 5.88. The molecule has 1 saturated carbocycles. The molecule has 0 nitrogen and oxygen atoms in total. The lowest BCUT2D eigenvalue weighted by Crippen LogP contribution is -2.08. The van der Waals surface area contributed by atoms with E-state index in [1.165, 1.54) is 37.7 Å². The SMILES string of the molecule is CC1=[C]CC=C1C1CCCCC1. The number of hydrogen-bond donors (Lipinski definition) is 0. The van der Waals surface area contributed by atoms with Gasteiger partial charge in [0.1, 0.15) is 0 Å². The Morgan fingerprint density at radius 2 is 2.00 bits per heavy atom. The van der Waals surface area contributed by atoms with Gasteiger partial charge >= 0.3 is 0 Å². The lowest BCUT2D eigenvalue weighted by atomic mass is 9.82. The second kappa shape index (κ2) is 3.47. The summed E-state index contributed by atoms with van der Waals surface area (Å²) in [6, 6.07) is 0. The van der Waals surface area contributed by atoms with Crippen molar-refractivity contribution in [1.82, 2.24) is 0 Å². The van der Waals surface area contributed by atoms with E-state index >= 15 is 0 Å². The molecule has 0 N–H and O–H groups in total. The molecule has 0 aromatic heterocycles. The molecule has 0 aromatic carbocycles. The smallest absolute Gasteiger partial charge is 0.00857 e. The Bertz CT molecular complexity index is 214. The highest BCUT2D eigenvalue weighted by Crippen LogP contribution is 2.35. The first kappa shape index (κ1) is 8.10. The van der Waals surface area contributed by atoms with E-state index in [0.29, 0.717) is 0 Å². The van der Waals surface area contributed by atoms with Crippen molar-refractivity contribution in [3.63, 3.8) is 0 Å². The van der Waals surface area contributed by atoms with E-state index in [2.05, 4.69) is 19.1 Å². The Kier molecular flexibility index (Phi) is 2.34. The van der Waals surface area contributed by atoms with Crippen molar-refractivity contribution in [2.75, 3.05) is 0 Å². The van der Waals surface area contributed by atoms with Gasteiger partial charge in [-0.1, -0.05) is 25.3 Å². The van der Waals surface area contributed by atoms with E-state index < -0.39 is 0 Å². The zero-order valence-electron chi connectivity index (χ0n) is 7.90. The minimum Gasteiger partial charge on any atom is -0.0763 e. The quantitative estimate of drug-likeness (QED) is 0.550. The summed E-state index contributed by atoms with van der Waals surface area (Å²) in [7, 11) is 0. The molecule has 0 saturated heterocycles. The van der Waals surface area contributed by atoms with Crippen LogP contribution in [-0.4, -0.2) is 0 Å². The summed E-state index contributed by atoms with van der Waals surface area (Å²) in [4.78, 5) is 0. The molecule has 2 rings (SSSR count). The van der Waals surface area contributed by atoms with Crippen LogP contribution in [0.1, 0.15) is 45.4 Å². The molecule has 0 heteroatoms. The highest BCUT2D eigenvalue weighted by atomic mass is 14.2. The number of hydrogen-bond acceptors (Lipinski definition) is 0. The third kappa shape index (κ3) is 1.48. The topological polar surface area (TPSA) is 0 Å². The number of rotatable bonds is 1. The molecule has 0 atom stereocenters. The maximum Gasteiger partial charge on any atom is -0.00857 e. The van der Waals surface area contributed by atoms with Crippen molar-refractivity contribution >= 4 is 0 Å². The summed E-state index contributed by atoms with van der Waals surface area (Å²) < 4.78 is 0. The van der Waals surface area contributed by atoms with Crippen LogP contribution in [0.5, 0.6) is 0 Å². The summed E-state index contributed by atoms with van der Waals surface area (Å²) in [6.45, 7) is 2.22. The fourth-order valence-corrected chi connectivity index (χ4v) is 2.46. The van der Waals surface area contributed by atoms with Gasteiger partial charge in [0.2, 0.25) is 0 Å². The zero-order chi connectivity index (χ0) is 8.39. The Labute approximate surface area is 75.4 Å². The summed E-state index contributed by atoms with van der Waals surface area (Å²) >= 11 is 0. The van der Waals surface area contributed by atoms with Crippen LogP contribution in [0.15, 0.2) is 17.2 Å². The molecule has 0 spiro atoms. The van der Waals surface area contributed by atoms with Crippen LogP contribution in [0.25, 0.3) is 0 Å². The van der Waals surface area contributed by atoms with Gasteiger partial charge in [0, 0.05) is 0 Å². The molecule has 0 bridgehead atoms. The first-order valence-electron chi connectivity index (χ1n) is 5.16. The summed E-state index contributed by atoms with van der Waals surface area (Å²) in [5, 5.41) is 0. The Morgan fingerprint density at radius 3 is 2.58 bits per heavy atom. The van der Waals surface area contributed by atoms with Crippen molar-refractivity contribution in [3.8, 4) is 0 Å². The van der Waals surface area contributed by atoms with Crippen molar-refractivity contribution in [2.45, 2.75) is 45.4 Å². The molecule has 0 amide bonds. The zero-order valence-corrected chi connectivity index (χ0v) is 7.90. The van der Waals surface area contributed by atoms with Gasteiger partial charge in [0.15, 0.2) is 0 Å². The van der Waals surface area contributed by atoms with E-state index in [0.717, 1.165) is 12.3 Å². The molecule has 0 unspecified atom stereocenters. The molecular weight excluding hydrogens is 144 g/mol. The summed E-state index contributed by atoms with van der Waals surface area (Å²) in [5.74, 6) is 0.883. The van der Waals surface area contributed by atoms with E-state index in [9.17, 15) is 0 Å². The molecule has 0 aromatic rings. The molecule has 12 heavy (non-hydrogen) atoms. The summed E-state index contributed by atoms with van der Waals surface area (Å²) in [6.07, 6.45) is 14.0. The first-order valence-corrected chi connectivity index (χ1v) is 5.16. The normalized spacial score (nSPS) is 25.4. The Hall–Kier alpha value is -0.520. The van der Waals surface area contributed by atoms with E-state index in [1.807, 2.05) is 0 Å². The molecule has 1 radical (unpaired) electrons. The van der Waals surface area contributed by atoms with Gasteiger partial charge < -0.3 is 0 Å². The van der Waals surface area contributed by atoms with E-state index in [4.69, 9.17) is 0 Å². The third-order valence-corrected chi connectivity index (χ3v) is 3.17. The predicted molar refractivity (Wildman–Crippen MR) is 51.7 cm³/mol. The average Bonchev–Trinajstić information content (AvgIpc) is 2.53. The molecular formula is C12H17. The lowest BCUT2D eigenvalue weighted by molar-refractivity contribution is 0.406. The maximum atomic E-state index is 3.39. The van der Waals surface area contributed by atoms with Crippen LogP contribution in [0.2, 0.25) is 0 Å². The maximum absolute atomic E-state index is 3.39. The molecule has 2 aliphatic rings. The minimum absolute atomic E-state index is 0.883. The lowest BCUT2D eigenvalue weighted by Gasteiger charge is -2.23. The van der Waals surface area contributed by atoms with Crippen LogP contribution in [0.4, 0.5) is 0 Å². The Morgan fingerprint density at radius 1 is 1.25 bits per heavy atom. The van der Waals surface area contributed by atoms with Gasteiger partial charge in [0.05, 0.1) is 0 Å². The highest BCUT2D eigenvalue weighted by Gasteiger charge is 2.20. The second-order valence-corrected chi connectivity index (χ2v) is 4.00. The van der Waals surface area contributed by atoms with Crippen LogP contribution in [0, 0.1) is 12.0 Å². The van der Waals surface area contributed by atoms with Gasteiger partial charge in [-0.3, -0.25) is 0 Å². The average molecular weight is 161 g/mol. The van der Waals surface area contributed by atoms with Crippen molar-refractivity contribution in [1.29, 1.82) is 0 Å². The fraction of sp³-hybridized carbons (Fsp3) is 0.667. The predicted octanol–water partition coefficient (Wildman–Crippen LogP) is 3.65. The highest BCUT2D eigenvalue weighted by molar-refractivity contribution is 5.34. The van der Waals surface area contributed by atoms with Crippen molar-refractivity contribution in [2.24, 2.45) is 5.92 Å².